The zero-order valence-electron chi connectivity index (χ0n) is 21.8. The largest absolute Gasteiger partial charge is 0.543 e. The summed E-state index contributed by atoms with van der Waals surface area (Å²) in [7, 11) is 1.68. The van der Waals surface area contributed by atoms with Gasteiger partial charge in [0.2, 0.25) is 17.2 Å². The van der Waals surface area contributed by atoms with E-state index >= 15 is 0 Å². The van der Waals surface area contributed by atoms with Crippen molar-refractivity contribution in [3.63, 3.8) is 0 Å². The Bertz CT molecular complexity index is 1510. The van der Waals surface area contributed by atoms with Crippen LogP contribution in [-0.4, -0.2) is 78.0 Å². The van der Waals surface area contributed by atoms with Gasteiger partial charge < -0.3 is 42.4 Å². The fourth-order valence-electron chi connectivity index (χ4n) is 3.64. The second-order valence-corrected chi connectivity index (χ2v) is 12.4. The number of anilines is 3. The van der Waals surface area contributed by atoms with E-state index in [1.165, 1.54) is 49.6 Å². The van der Waals surface area contributed by atoms with E-state index in [0.29, 0.717) is 16.5 Å². The standard InChI is InChI=1S/C22H25N9O7S3/c1-22(2,19(36)37)38-29-12(9-5-26-20(25)41-9)15(32)28-13-16(33)31-14(18(34)35)8(6-39-17(13)31)7-40-21-27-10(23)4-11(24)30(21)3/h4-5,13,17H,6-7H2,1-3H3,(H8,23,24,25,26,28,29,32,34,35,36,37). The van der Waals surface area contributed by atoms with Gasteiger partial charge in [-0.1, -0.05) is 21.5 Å². The molecular weight excluding hydrogens is 598 g/mol. The first-order valence-electron chi connectivity index (χ1n) is 11.7. The highest BCUT2D eigenvalue weighted by atomic mass is 32.2. The maximum absolute atomic E-state index is 13.2. The molecule has 4 rings (SSSR count). The van der Waals surface area contributed by atoms with Gasteiger partial charge in [-0.3, -0.25) is 14.5 Å². The monoisotopic (exact) mass is 623 g/mol. The number of nitrogens with zero attached hydrogens (tertiary/aromatic N) is 5. The average molecular weight is 624 g/mol. The molecule has 0 radical (unpaired) electrons. The van der Waals surface area contributed by atoms with Gasteiger partial charge in [-0.25, -0.2) is 14.3 Å². The molecule has 2 atom stereocenters. The number of hydrogen-bond acceptors (Lipinski definition) is 15. The third-order valence-electron chi connectivity index (χ3n) is 5.95. The molecular formula is C22H25N9O7S3. The van der Waals surface area contributed by atoms with Crippen LogP contribution >= 0.6 is 34.9 Å². The van der Waals surface area contributed by atoms with Crippen molar-refractivity contribution >= 4 is 81.1 Å². The summed E-state index contributed by atoms with van der Waals surface area (Å²) < 4.78 is 1.59. The van der Waals surface area contributed by atoms with Crippen LogP contribution in [0.1, 0.15) is 18.7 Å². The summed E-state index contributed by atoms with van der Waals surface area (Å²) in [6.07, 6.45) is 1.25. The lowest BCUT2D eigenvalue weighted by Crippen LogP contribution is -2.71. The van der Waals surface area contributed by atoms with Crippen LogP contribution in [0.5, 0.6) is 0 Å². The van der Waals surface area contributed by atoms with Crippen molar-refractivity contribution in [3.8, 4) is 0 Å². The first kappa shape index (κ1) is 29.9. The third-order valence-corrected chi connectivity index (χ3v) is 9.24. The molecule has 0 aromatic carbocycles. The number of carbonyl (C=O) groups is 4. The van der Waals surface area contributed by atoms with Gasteiger partial charge in [0, 0.05) is 17.7 Å². The van der Waals surface area contributed by atoms with Crippen LogP contribution in [0.2, 0.25) is 0 Å². The molecule has 19 heteroatoms. The van der Waals surface area contributed by atoms with Crippen LogP contribution in [0, 0.1) is 0 Å². The minimum Gasteiger partial charge on any atom is -0.543 e. The van der Waals surface area contributed by atoms with Crippen LogP contribution < -0.4 is 32.2 Å². The number of thiazole rings is 1. The Morgan fingerprint density at radius 2 is 2.07 bits per heavy atom. The maximum atomic E-state index is 13.2. The normalized spacial score (nSPS) is 19.0. The van der Waals surface area contributed by atoms with Gasteiger partial charge >= 0.3 is 11.1 Å². The van der Waals surface area contributed by atoms with Crippen molar-refractivity contribution in [2.24, 2.45) is 12.2 Å². The van der Waals surface area contributed by atoms with Gasteiger partial charge in [0.05, 0.1) is 29.7 Å². The van der Waals surface area contributed by atoms with Gasteiger partial charge in [0.15, 0.2) is 10.8 Å². The second kappa shape index (κ2) is 11.4. The Kier molecular flexibility index (Phi) is 8.31. The summed E-state index contributed by atoms with van der Waals surface area (Å²) >= 11 is 3.34. The molecule has 2 aromatic heterocycles. The number of rotatable bonds is 10. The topological polar surface area (TPSA) is 256 Å². The van der Waals surface area contributed by atoms with E-state index in [9.17, 15) is 29.4 Å². The Morgan fingerprint density at radius 1 is 1.37 bits per heavy atom. The van der Waals surface area contributed by atoms with Crippen molar-refractivity contribution < 1.29 is 38.8 Å². The number of nitrogen functional groups attached to an aromatic ring is 3. The van der Waals surface area contributed by atoms with E-state index in [1.54, 1.807) is 11.6 Å². The highest BCUT2D eigenvalue weighted by molar-refractivity contribution is 8.01. The molecule has 41 heavy (non-hydrogen) atoms. The molecule has 2 aliphatic rings. The van der Waals surface area contributed by atoms with Crippen molar-refractivity contribution in [3.05, 3.63) is 28.4 Å². The average Bonchev–Trinajstić information content (AvgIpc) is 3.33. The summed E-state index contributed by atoms with van der Waals surface area (Å²) in [4.78, 5) is 64.3. The predicted molar refractivity (Wildman–Crippen MR) is 148 cm³/mol. The number of nitrogens with two attached hydrogens (primary N) is 3. The molecule has 0 bridgehead atoms. The molecule has 2 amide bonds. The summed E-state index contributed by atoms with van der Waals surface area (Å²) in [6.45, 7) is 2.48. The smallest absolute Gasteiger partial charge is 0.350 e. The van der Waals surface area contributed by atoms with Gasteiger partial charge in [0.25, 0.3) is 11.8 Å². The number of oxime groups is 1. The van der Waals surface area contributed by atoms with Crippen molar-refractivity contribution in [2.75, 3.05) is 28.7 Å². The van der Waals surface area contributed by atoms with Gasteiger partial charge in [-0.15, -0.1) is 11.8 Å². The van der Waals surface area contributed by atoms with Crippen molar-refractivity contribution in [2.45, 2.75) is 36.0 Å². The second-order valence-electron chi connectivity index (χ2n) is 9.25. The molecule has 2 aliphatic heterocycles. The molecule has 2 unspecified atom stereocenters. The fourth-order valence-corrected chi connectivity index (χ4v) is 6.79. The number of aliphatic carboxylic acids is 2. The molecule has 218 valence electrons. The summed E-state index contributed by atoms with van der Waals surface area (Å²) in [5.41, 5.74) is 15.4. The van der Waals surface area contributed by atoms with E-state index in [-0.39, 0.29) is 38.7 Å². The first-order chi connectivity index (χ1) is 19.2. The van der Waals surface area contributed by atoms with Crippen LogP contribution in [0.3, 0.4) is 0 Å². The molecule has 0 aliphatic carbocycles. The van der Waals surface area contributed by atoms with Crippen LogP contribution in [0.4, 0.5) is 16.8 Å². The molecule has 0 saturated carbocycles. The Hall–Kier alpha value is -4.10. The summed E-state index contributed by atoms with van der Waals surface area (Å²) in [5, 5.41) is 27.5. The van der Waals surface area contributed by atoms with Crippen LogP contribution in [-0.2, 0) is 31.1 Å². The Balaban J connectivity index is 1.53. The van der Waals surface area contributed by atoms with Crippen molar-refractivity contribution in [1.29, 1.82) is 0 Å². The number of carboxylic acids is 2. The third kappa shape index (κ3) is 6.00. The number of thioether (sulfide) groups is 2. The minimum absolute atomic E-state index is 0.116. The molecule has 1 saturated heterocycles. The number of carbonyl (C=O) groups excluding carboxylic acids is 3. The summed E-state index contributed by atoms with van der Waals surface area (Å²) in [6, 6.07) is 0.385. The predicted octanol–water partition coefficient (Wildman–Crippen LogP) is -2.11. The number of aromatic nitrogens is 3. The molecule has 16 nitrogen and oxygen atoms in total. The molecule has 4 heterocycles. The number of fused-ring (bicyclic) bond motifs is 1. The Morgan fingerprint density at radius 3 is 2.68 bits per heavy atom. The zero-order valence-corrected chi connectivity index (χ0v) is 24.3. The molecule has 1 fully saturated rings. The lowest BCUT2D eigenvalue weighted by atomic mass is 10.0. The number of amides is 2. The molecule has 8 N–H and O–H groups in total. The highest BCUT2D eigenvalue weighted by Crippen LogP contribution is 2.41. The van der Waals surface area contributed by atoms with Gasteiger partial charge in [0.1, 0.15) is 11.4 Å². The first-order valence-corrected chi connectivity index (χ1v) is 14.5. The number of carboxylic acid groups (broad SMARTS) is 2. The van der Waals surface area contributed by atoms with Crippen LogP contribution in [0.15, 0.2) is 33.8 Å². The van der Waals surface area contributed by atoms with E-state index in [1.807, 2.05) is 0 Å². The molecule has 2 aromatic rings. The van der Waals surface area contributed by atoms with Crippen LogP contribution in [0.25, 0.3) is 0 Å². The lowest BCUT2D eigenvalue weighted by molar-refractivity contribution is -0.698. The minimum atomic E-state index is -1.77. The summed E-state index contributed by atoms with van der Waals surface area (Å²) in [5.74, 6) is -3.46. The molecule has 0 spiro atoms. The number of nitrogens with one attached hydrogen (secondary N) is 1. The van der Waals surface area contributed by atoms with E-state index < -0.39 is 40.8 Å². The fraction of sp³-hybridized carbons (Fsp3) is 0.364. The van der Waals surface area contributed by atoms with E-state index in [2.05, 4.69) is 20.4 Å². The number of hydrogen-bond donors (Lipinski definition) is 5. The number of β-lactam (4-membered cyclic amide) rings is 1. The quantitative estimate of drug-likeness (QED) is 0.0474. The maximum Gasteiger partial charge on any atom is 0.350 e. The SMILES string of the molecule is C[n+]1c(N)cc(N)nc1SCC1=C(C(=O)[O-])N2C(=O)C(NC(=O)/C(=N\OC(C)(C)C(=O)O)c3cnc(N)s3)C2SC1. The van der Waals surface area contributed by atoms with Gasteiger partial charge in [-0.05, 0) is 31.2 Å². The Labute approximate surface area is 245 Å². The highest BCUT2D eigenvalue weighted by Gasteiger charge is 2.53. The van der Waals surface area contributed by atoms with Gasteiger partial charge in [-0.2, -0.15) is 0 Å². The lowest BCUT2D eigenvalue weighted by Gasteiger charge is -2.50. The van der Waals surface area contributed by atoms with Crippen molar-refractivity contribution in [1.82, 2.24) is 20.2 Å². The zero-order chi connectivity index (χ0) is 30.2. The van der Waals surface area contributed by atoms with E-state index in [4.69, 9.17) is 22.0 Å². The van der Waals surface area contributed by atoms with E-state index in [0.717, 1.165) is 16.2 Å².